The number of nitrogens with one attached hydrogen (secondary N) is 1. The van der Waals surface area contributed by atoms with Crippen molar-refractivity contribution < 1.29 is 0 Å². The second-order valence-corrected chi connectivity index (χ2v) is 5.49. The number of anilines is 1. The Morgan fingerprint density at radius 1 is 0.900 bits per heavy atom. The summed E-state index contributed by atoms with van der Waals surface area (Å²) in [6.07, 6.45) is 2.76. The van der Waals surface area contributed by atoms with Gasteiger partial charge in [0.15, 0.2) is 0 Å². The molecule has 0 radical (unpaired) electrons. The molecule has 0 spiro atoms. The van der Waals surface area contributed by atoms with Crippen molar-refractivity contribution >= 4 is 32.4 Å². The zero-order valence-corrected chi connectivity index (χ0v) is 12.6. The summed E-state index contributed by atoms with van der Waals surface area (Å²) in [5, 5.41) is 5.97. The highest BCUT2D eigenvalue weighted by Crippen LogP contribution is 2.29. The summed E-state index contributed by atoms with van der Waals surface area (Å²) < 4.78 is 1.13. The fraction of sp³-hybridized carbons (Fsp3) is 0.118. The van der Waals surface area contributed by atoms with Crippen LogP contribution < -0.4 is 5.32 Å². The van der Waals surface area contributed by atoms with Crippen LogP contribution in [0.3, 0.4) is 0 Å². The van der Waals surface area contributed by atoms with Gasteiger partial charge in [-0.05, 0) is 29.7 Å². The molecule has 100 valence electrons. The predicted octanol–water partition coefficient (Wildman–Crippen LogP) is 4.65. The lowest BCUT2D eigenvalue weighted by Gasteiger charge is -2.10. The van der Waals surface area contributed by atoms with E-state index in [0.717, 1.165) is 23.1 Å². The molecule has 0 saturated carbocycles. The summed E-state index contributed by atoms with van der Waals surface area (Å²) in [4.78, 5) is 4.34. The first-order valence-electron chi connectivity index (χ1n) is 6.65. The molecule has 3 aromatic rings. The lowest BCUT2D eigenvalue weighted by Crippen LogP contribution is -2.06. The Morgan fingerprint density at radius 2 is 1.70 bits per heavy atom. The maximum absolute atomic E-state index is 4.34. The summed E-state index contributed by atoms with van der Waals surface area (Å²) in [6, 6.07) is 18.6. The molecule has 3 rings (SSSR count). The van der Waals surface area contributed by atoms with Crippen LogP contribution in [0.2, 0.25) is 0 Å². The first-order chi connectivity index (χ1) is 9.84. The average Bonchev–Trinajstić information content (AvgIpc) is 2.51. The Balaban J connectivity index is 1.77. The van der Waals surface area contributed by atoms with E-state index in [1.165, 1.54) is 16.5 Å². The third kappa shape index (κ3) is 2.83. The van der Waals surface area contributed by atoms with Gasteiger partial charge in [-0.15, -0.1) is 0 Å². The first kappa shape index (κ1) is 13.1. The van der Waals surface area contributed by atoms with Gasteiger partial charge in [-0.3, -0.25) is 4.98 Å². The highest BCUT2D eigenvalue weighted by atomic mass is 79.9. The first-order valence-corrected chi connectivity index (χ1v) is 7.45. The lowest BCUT2D eigenvalue weighted by molar-refractivity contribution is 0.963. The predicted molar refractivity (Wildman–Crippen MR) is 88.1 cm³/mol. The van der Waals surface area contributed by atoms with Gasteiger partial charge >= 0.3 is 0 Å². The number of fused-ring (bicyclic) bond motifs is 1. The van der Waals surface area contributed by atoms with Gasteiger partial charge in [0, 0.05) is 40.4 Å². The van der Waals surface area contributed by atoms with Gasteiger partial charge in [-0.25, -0.2) is 0 Å². The maximum Gasteiger partial charge on any atom is 0.0421 e. The highest BCUT2D eigenvalue weighted by molar-refractivity contribution is 9.10. The molecule has 0 unspecified atom stereocenters. The molecule has 0 aliphatic carbocycles. The Morgan fingerprint density at radius 3 is 2.50 bits per heavy atom. The third-order valence-corrected chi connectivity index (χ3v) is 3.99. The van der Waals surface area contributed by atoms with Crippen molar-refractivity contribution in [1.29, 1.82) is 0 Å². The summed E-state index contributed by atoms with van der Waals surface area (Å²) in [5.74, 6) is 0. The Kier molecular flexibility index (Phi) is 3.97. The van der Waals surface area contributed by atoms with Gasteiger partial charge in [0.1, 0.15) is 0 Å². The largest absolute Gasteiger partial charge is 0.384 e. The number of halogens is 1. The van der Waals surface area contributed by atoms with E-state index in [1.54, 1.807) is 0 Å². The lowest BCUT2D eigenvalue weighted by atomic mass is 10.1. The molecule has 20 heavy (non-hydrogen) atoms. The van der Waals surface area contributed by atoms with Gasteiger partial charge in [-0.1, -0.05) is 46.3 Å². The SMILES string of the molecule is Brc1ccc(NCCc2ccccn2)c2ccccc12. The fourth-order valence-electron chi connectivity index (χ4n) is 2.29. The molecule has 0 atom stereocenters. The number of hydrogen-bond donors (Lipinski definition) is 1. The second-order valence-electron chi connectivity index (χ2n) is 4.64. The average molecular weight is 327 g/mol. The smallest absolute Gasteiger partial charge is 0.0421 e. The number of aromatic nitrogens is 1. The van der Waals surface area contributed by atoms with E-state index in [-0.39, 0.29) is 0 Å². The van der Waals surface area contributed by atoms with Crippen molar-refractivity contribution in [1.82, 2.24) is 4.98 Å². The number of pyridine rings is 1. The summed E-state index contributed by atoms with van der Waals surface area (Å²) in [7, 11) is 0. The molecule has 3 heteroatoms. The van der Waals surface area contributed by atoms with Gasteiger partial charge in [0.25, 0.3) is 0 Å². The molecule has 1 heterocycles. The van der Waals surface area contributed by atoms with Crippen LogP contribution in [0, 0.1) is 0 Å². The van der Waals surface area contributed by atoms with E-state index in [2.05, 4.69) is 68.7 Å². The standard InChI is InChI=1S/C17H15BrN2/c18-16-8-9-17(15-7-2-1-6-14(15)16)20-12-10-13-5-3-4-11-19-13/h1-9,11,20H,10,12H2. The zero-order chi connectivity index (χ0) is 13.8. The van der Waals surface area contributed by atoms with E-state index in [4.69, 9.17) is 0 Å². The van der Waals surface area contributed by atoms with Crippen molar-refractivity contribution in [3.05, 3.63) is 71.0 Å². The summed E-state index contributed by atoms with van der Waals surface area (Å²) in [5.41, 5.74) is 2.28. The molecular formula is C17H15BrN2. The minimum absolute atomic E-state index is 0.878. The second kappa shape index (κ2) is 6.06. The van der Waals surface area contributed by atoms with Gasteiger partial charge in [0.05, 0.1) is 0 Å². The Labute approximate surface area is 127 Å². The molecule has 2 nitrogen and oxygen atoms in total. The highest BCUT2D eigenvalue weighted by Gasteiger charge is 2.03. The Bertz CT molecular complexity index is 711. The van der Waals surface area contributed by atoms with E-state index in [9.17, 15) is 0 Å². The van der Waals surface area contributed by atoms with Crippen molar-refractivity contribution in [2.24, 2.45) is 0 Å². The normalized spacial score (nSPS) is 10.7. The van der Waals surface area contributed by atoms with Gasteiger partial charge < -0.3 is 5.32 Å². The van der Waals surface area contributed by atoms with E-state index >= 15 is 0 Å². The molecule has 0 saturated heterocycles. The van der Waals surface area contributed by atoms with Gasteiger partial charge in [0.2, 0.25) is 0 Å². The quantitative estimate of drug-likeness (QED) is 0.754. The number of rotatable bonds is 4. The van der Waals surface area contributed by atoms with Crippen LogP contribution in [0.15, 0.2) is 65.3 Å². The molecular weight excluding hydrogens is 312 g/mol. The molecule has 0 aliphatic rings. The Hall–Kier alpha value is -1.87. The van der Waals surface area contributed by atoms with E-state index in [1.807, 2.05) is 18.3 Å². The number of hydrogen-bond acceptors (Lipinski definition) is 2. The van der Waals surface area contributed by atoms with E-state index in [0.29, 0.717) is 0 Å². The number of nitrogens with zero attached hydrogens (tertiary/aromatic N) is 1. The molecule has 0 fully saturated rings. The third-order valence-electron chi connectivity index (χ3n) is 3.29. The van der Waals surface area contributed by atoms with E-state index < -0.39 is 0 Å². The minimum Gasteiger partial charge on any atom is -0.384 e. The molecule has 2 aromatic carbocycles. The van der Waals surface area contributed by atoms with Crippen LogP contribution in [0.4, 0.5) is 5.69 Å². The molecule has 0 bridgehead atoms. The van der Waals surface area contributed by atoms with Crippen LogP contribution in [0.5, 0.6) is 0 Å². The van der Waals surface area contributed by atoms with Crippen LogP contribution in [-0.2, 0) is 6.42 Å². The fourth-order valence-corrected chi connectivity index (χ4v) is 2.77. The summed E-state index contributed by atoms with van der Waals surface area (Å²) in [6.45, 7) is 0.878. The minimum atomic E-state index is 0.878. The monoisotopic (exact) mass is 326 g/mol. The van der Waals surface area contributed by atoms with Gasteiger partial charge in [-0.2, -0.15) is 0 Å². The molecule has 0 aliphatic heterocycles. The number of benzene rings is 2. The van der Waals surface area contributed by atoms with Crippen molar-refractivity contribution in [2.45, 2.75) is 6.42 Å². The van der Waals surface area contributed by atoms with Crippen molar-refractivity contribution in [3.63, 3.8) is 0 Å². The summed E-state index contributed by atoms with van der Waals surface area (Å²) >= 11 is 3.60. The maximum atomic E-state index is 4.34. The van der Waals surface area contributed by atoms with Crippen LogP contribution in [0.25, 0.3) is 10.8 Å². The van der Waals surface area contributed by atoms with Crippen molar-refractivity contribution in [3.8, 4) is 0 Å². The molecule has 1 N–H and O–H groups in total. The topological polar surface area (TPSA) is 24.9 Å². The van der Waals surface area contributed by atoms with Crippen molar-refractivity contribution in [2.75, 3.05) is 11.9 Å². The zero-order valence-electron chi connectivity index (χ0n) is 11.0. The van der Waals surface area contributed by atoms with Crippen LogP contribution in [0.1, 0.15) is 5.69 Å². The molecule has 1 aromatic heterocycles. The van der Waals surface area contributed by atoms with Crippen LogP contribution in [-0.4, -0.2) is 11.5 Å². The van der Waals surface area contributed by atoms with Crippen LogP contribution >= 0.6 is 15.9 Å². The molecule has 0 amide bonds.